The Hall–Kier alpha value is -1.81. The molecule has 0 amide bonds. The Labute approximate surface area is 104 Å². The van der Waals surface area contributed by atoms with E-state index in [9.17, 15) is 4.79 Å². The second-order valence-electron chi connectivity index (χ2n) is 3.47. The summed E-state index contributed by atoms with van der Waals surface area (Å²) in [6.07, 6.45) is 0. The van der Waals surface area contributed by atoms with Crippen LogP contribution in [0, 0.1) is 6.92 Å². The van der Waals surface area contributed by atoms with Crippen LogP contribution in [-0.4, -0.2) is 13.1 Å². The summed E-state index contributed by atoms with van der Waals surface area (Å²) >= 11 is 1.37. The smallest absolute Gasteiger partial charge is 0.354 e. The van der Waals surface area contributed by atoms with Crippen LogP contribution in [0.15, 0.2) is 35.7 Å². The van der Waals surface area contributed by atoms with Gasteiger partial charge in [-0.15, -0.1) is 11.3 Å². The molecule has 0 aliphatic rings. The van der Waals surface area contributed by atoms with Gasteiger partial charge in [0.25, 0.3) is 0 Å². The van der Waals surface area contributed by atoms with Gasteiger partial charge in [0.05, 0.1) is 7.11 Å². The van der Waals surface area contributed by atoms with E-state index in [2.05, 4.69) is 0 Å². The number of benzene rings is 1. The Morgan fingerprint density at radius 3 is 2.47 bits per heavy atom. The molecule has 0 spiro atoms. The van der Waals surface area contributed by atoms with Gasteiger partial charge in [0.2, 0.25) is 0 Å². The fraction of sp³-hybridized carbons (Fsp3) is 0.154. The van der Waals surface area contributed by atoms with E-state index in [0.29, 0.717) is 16.4 Å². The second-order valence-corrected chi connectivity index (χ2v) is 4.39. The van der Waals surface area contributed by atoms with Gasteiger partial charge in [0.1, 0.15) is 4.88 Å². The lowest BCUT2D eigenvalue weighted by atomic mass is 10.3. The van der Waals surface area contributed by atoms with Gasteiger partial charge in [0, 0.05) is 0 Å². The van der Waals surface area contributed by atoms with Gasteiger partial charge in [-0.3, -0.25) is 0 Å². The van der Waals surface area contributed by atoms with Crippen molar-refractivity contribution in [2.45, 2.75) is 6.92 Å². The molecule has 0 saturated heterocycles. The molecular weight excluding hydrogens is 236 g/mol. The van der Waals surface area contributed by atoms with Crippen LogP contribution < -0.4 is 9.47 Å². The van der Waals surface area contributed by atoms with E-state index < -0.39 is 0 Å². The summed E-state index contributed by atoms with van der Waals surface area (Å²) in [5, 5.41) is 1.87. The van der Waals surface area contributed by atoms with Crippen molar-refractivity contribution in [2.75, 3.05) is 7.11 Å². The monoisotopic (exact) mass is 248 g/mol. The third-order valence-electron chi connectivity index (χ3n) is 2.32. The number of thiophene rings is 1. The highest BCUT2D eigenvalue weighted by Crippen LogP contribution is 2.27. The maximum atomic E-state index is 11.9. The van der Waals surface area contributed by atoms with Crippen molar-refractivity contribution in [2.24, 2.45) is 0 Å². The van der Waals surface area contributed by atoms with E-state index in [-0.39, 0.29) is 5.97 Å². The predicted molar refractivity (Wildman–Crippen MR) is 67.0 cm³/mol. The Morgan fingerprint density at radius 2 is 1.88 bits per heavy atom. The van der Waals surface area contributed by atoms with E-state index in [1.165, 1.54) is 11.3 Å². The quantitative estimate of drug-likeness (QED) is 0.617. The van der Waals surface area contributed by atoms with E-state index in [4.69, 9.17) is 9.47 Å². The average Bonchev–Trinajstić information content (AvgIpc) is 2.76. The fourth-order valence-corrected chi connectivity index (χ4v) is 2.23. The number of hydrogen-bond acceptors (Lipinski definition) is 4. The van der Waals surface area contributed by atoms with Gasteiger partial charge in [-0.05, 0) is 36.1 Å². The molecule has 1 aromatic heterocycles. The molecule has 0 saturated carbocycles. The number of methoxy groups -OCH3 is 1. The minimum atomic E-state index is -0.345. The lowest BCUT2D eigenvalue weighted by molar-refractivity contribution is 0.0734. The standard InChI is InChI=1S/C13H12O3S/c1-9-7-8-17-12(9)13(14)16-11-6-4-3-5-10(11)15-2/h3-8H,1-2H3. The molecule has 2 aromatic rings. The molecule has 2 rings (SSSR count). The largest absolute Gasteiger partial charge is 0.493 e. The van der Waals surface area contributed by atoms with Crippen molar-refractivity contribution in [1.29, 1.82) is 0 Å². The number of carbonyl (C=O) groups excluding carboxylic acids is 1. The van der Waals surface area contributed by atoms with Crippen LogP contribution in [0.1, 0.15) is 15.2 Å². The number of ether oxygens (including phenoxy) is 2. The molecule has 0 unspecified atom stereocenters. The maximum absolute atomic E-state index is 11.9. The fourth-order valence-electron chi connectivity index (χ4n) is 1.43. The molecule has 0 fully saturated rings. The van der Waals surface area contributed by atoms with Gasteiger partial charge in [-0.2, -0.15) is 0 Å². The lowest BCUT2D eigenvalue weighted by Crippen LogP contribution is -2.08. The van der Waals surface area contributed by atoms with Crippen molar-refractivity contribution >= 4 is 17.3 Å². The van der Waals surface area contributed by atoms with Crippen molar-refractivity contribution in [3.05, 3.63) is 46.2 Å². The second kappa shape index (κ2) is 5.01. The zero-order valence-corrected chi connectivity index (χ0v) is 10.4. The average molecular weight is 248 g/mol. The normalized spacial score (nSPS) is 10.0. The number of esters is 1. The summed E-state index contributed by atoms with van der Waals surface area (Å²) in [6, 6.07) is 8.98. The van der Waals surface area contributed by atoms with Crippen molar-refractivity contribution in [1.82, 2.24) is 0 Å². The van der Waals surface area contributed by atoms with Crippen LogP contribution in [0.5, 0.6) is 11.5 Å². The highest BCUT2D eigenvalue weighted by atomic mass is 32.1. The molecule has 3 nitrogen and oxygen atoms in total. The third-order valence-corrected chi connectivity index (χ3v) is 3.32. The maximum Gasteiger partial charge on any atom is 0.354 e. The third kappa shape index (κ3) is 2.47. The molecule has 0 aliphatic carbocycles. The first kappa shape index (κ1) is 11.7. The number of aryl methyl sites for hydroxylation is 1. The highest BCUT2D eigenvalue weighted by Gasteiger charge is 2.14. The SMILES string of the molecule is COc1ccccc1OC(=O)c1sccc1C. The summed E-state index contributed by atoms with van der Waals surface area (Å²) in [5.74, 6) is 0.643. The molecule has 0 atom stereocenters. The van der Waals surface area contributed by atoms with Gasteiger partial charge < -0.3 is 9.47 Å². The zero-order chi connectivity index (χ0) is 12.3. The molecule has 0 bridgehead atoms. The van der Waals surface area contributed by atoms with E-state index in [1.54, 1.807) is 25.3 Å². The number of rotatable bonds is 3. The Kier molecular flexibility index (Phi) is 3.44. The first-order valence-electron chi connectivity index (χ1n) is 5.11. The van der Waals surface area contributed by atoms with Crippen LogP contribution in [0.25, 0.3) is 0 Å². The molecule has 0 N–H and O–H groups in total. The van der Waals surface area contributed by atoms with Crippen LogP contribution in [0.4, 0.5) is 0 Å². The number of carbonyl (C=O) groups is 1. The number of para-hydroxylation sites is 2. The van der Waals surface area contributed by atoms with Gasteiger partial charge in [0.15, 0.2) is 11.5 Å². The van der Waals surface area contributed by atoms with Gasteiger partial charge in [-0.25, -0.2) is 4.79 Å². The Balaban J connectivity index is 2.22. The molecular formula is C13H12O3S. The van der Waals surface area contributed by atoms with Crippen molar-refractivity contribution in [3.63, 3.8) is 0 Å². The summed E-state index contributed by atoms with van der Waals surface area (Å²) in [5.41, 5.74) is 0.926. The van der Waals surface area contributed by atoms with E-state index >= 15 is 0 Å². The molecule has 0 radical (unpaired) electrons. The molecule has 1 aromatic carbocycles. The summed E-state index contributed by atoms with van der Waals surface area (Å²) in [7, 11) is 1.54. The summed E-state index contributed by atoms with van der Waals surface area (Å²) in [4.78, 5) is 12.5. The van der Waals surface area contributed by atoms with Gasteiger partial charge in [-0.1, -0.05) is 12.1 Å². The highest BCUT2D eigenvalue weighted by molar-refractivity contribution is 7.12. The topological polar surface area (TPSA) is 35.5 Å². The molecule has 0 aliphatic heterocycles. The molecule has 1 heterocycles. The van der Waals surface area contributed by atoms with Crippen LogP contribution in [-0.2, 0) is 0 Å². The molecule has 88 valence electrons. The molecule has 4 heteroatoms. The number of hydrogen-bond donors (Lipinski definition) is 0. The first-order valence-corrected chi connectivity index (χ1v) is 5.99. The van der Waals surface area contributed by atoms with E-state index in [0.717, 1.165) is 5.56 Å². The minimum absolute atomic E-state index is 0.345. The van der Waals surface area contributed by atoms with Crippen LogP contribution >= 0.6 is 11.3 Å². The lowest BCUT2D eigenvalue weighted by Gasteiger charge is -2.08. The Bertz CT molecular complexity index is 531. The van der Waals surface area contributed by atoms with Crippen molar-refractivity contribution in [3.8, 4) is 11.5 Å². The summed E-state index contributed by atoms with van der Waals surface area (Å²) < 4.78 is 10.4. The Morgan fingerprint density at radius 1 is 1.18 bits per heavy atom. The minimum Gasteiger partial charge on any atom is -0.493 e. The van der Waals surface area contributed by atoms with Crippen LogP contribution in [0.3, 0.4) is 0 Å². The van der Waals surface area contributed by atoms with Crippen molar-refractivity contribution < 1.29 is 14.3 Å². The molecule has 17 heavy (non-hydrogen) atoms. The zero-order valence-electron chi connectivity index (χ0n) is 9.60. The first-order chi connectivity index (χ1) is 8.22. The van der Waals surface area contributed by atoms with Gasteiger partial charge >= 0.3 is 5.97 Å². The predicted octanol–water partition coefficient (Wildman–Crippen LogP) is 3.28. The van der Waals surface area contributed by atoms with E-state index in [1.807, 2.05) is 24.4 Å². The van der Waals surface area contributed by atoms with Crippen LogP contribution in [0.2, 0.25) is 0 Å². The summed E-state index contributed by atoms with van der Waals surface area (Å²) in [6.45, 7) is 1.88.